The first-order valence-electron chi connectivity index (χ1n) is 7.56. The Labute approximate surface area is 157 Å². The van der Waals surface area contributed by atoms with Gasteiger partial charge in [0, 0.05) is 5.02 Å². The highest BCUT2D eigenvalue weighted by Crippen LogP contribution is 2.30. The predicted molar refractivity (Wildman–Crippen MR) is 103 cm³/mol. The summed E-state index contributed by atoms with van der Waals surface area (Å²) in [6, 6.07) is 20.3. The van der Waals surface area contributed by atoms with Gasteiger partial charge in [-0.05, 0) is 59.7 Å². The van der Waals surface area contributed by atoms with Gasteiger partial charge in [0.25, 0.3) is 11.3 Å². The van der Waals surface area contributed by atoms with Crippen LogP contribution < -0.4 is 4.31 Å². The van der Waals surface area contributed by atoms with Crippen LogP contribution in [0, 0.1) is 0 Å². The molecule has 0 fully saturated rings. The lowest BCUT2D eigenvalue weighted by atomic mass is 10.1. The molecule has 3 aromatic carbocycles. The van der Waals surface area contributed by atoms with Gasteiger partial charge in [-0.1, -0.05) is 35.9 Å². The summed E-state index contributed by atoms with van der Waals surface area (Å²) < 4.78 is 22.7. The predicted octanol–water partition coefficient (Wildman–Crippen LogP) is 4.98. The fourth-order valence-electron chi connectivity index (χ4n) is 2.50. The van der Waals surface area contributed by atoms with Gasteiger partial charge in [-0.25, -0.2) is 13.3 Å². The molecule has 0 aliphatic carbocycles. The van der Waals surface area contributed by atoms with Gasteiger partial charge in [-0.2, -0.15) is 0 Å². The number of hydrogen-bond acceptors (Lipinski definition) is 2. The van der Waals surface area contributed by atoms with Gasteiger partial charge in [-0.15, -0.1) is 0 Å². The maximum Gasteiger partial charge on any atom is 0.335 e. The maximum atomic E-state index is 11.8. The minimum Gasteiger partial charge on any atom is -0.478 e. The zero-order chi connectivity index (χ0) is 18.7. The molecule has 5 nitrogen and oxygen atoms in total. The van der Waals surface area contributed by atoms with Crippen LogP contribution in [0.25, 0.3) is 11.1 Å². The largest absolute Gasteiger partial charge is 0.478 e. The summed E-state index contributed by atoms with van der Waals surface area (Å²) >= 11 is 3.59. The summed E-state index contributed by atoms with van der Waals surface area (Å²) in [5, 5.41) is 9.62. The molecular formula is C19H14ClNO4S. The summed E-state index contributed by atoms with van der Waals surface area (Å²) in [5.74, 6) is -1.06. The van der Waals surface area contributed by atoms with Crippen molar-refractivity contribution in [2.75, 3.05) is 4.31 Å². The van der Waals surface area contributed by atoms with E-state index in [-0.39, 0.29) is 5.56 Å². The Morgan fingerprint density at radius 3 is 1.65 bits per heavy atom. The molecule has 0 aromatic heterocycles. The molecule has 0 radical (unpaired) electrons. The van der Waals surface area contributed by atoms with Crippen LogP contribution in [0.2, 0.25) is 5.02 Å². The van der Waals surface area contributed by atoms with Crippen molar-refractivity contribution in [1.29, 1.82) is 0 Å². The molecule has 1 atom stereocenters. The van der Waals surface area contributed by atoms with Crippen LogP contribution in [0.3, 0.4) is 0 Å². The Hall–Kier alpha value is -2.67. The van der Waals surface area contributed by atoms with Crippen LogP contribution in [0.5, 0.6) is 0 Å². The first-order valence-corrected chi connectivity index (χ1v) is 9.00. The Balaban J connectivity index is 1.92. The molecule has 0 amide bonds. The van der Waals surface area contributed by atoms with Crippen molar-refractivity contribution in [2.24, 2.45) is 0 Å². The van der Waals surface area contributed by atoms with Gasteiger partial charge in [0.2, 0.25) is 0 Å². The van der Waals surface area contributed by atoms with Crippen molar-refractivity contribution in [2.45, 2.75) is 0 Å². The molecule has 0 saturated heterocycles. The molecule has 0 aliphatic heterocycles. The lowest BCUT2D eigenvalue weighted by molar-refractivity contribution is 0.0697. The standard InChI is InChI=1S/C19H14ClNO4S/c20-16-7-1-13(2-8-16)14-3-9-17(10-4-14)21(26(24)25)18-11-5-15(6-12-18)19(22)23/h1-12H,(H,22,23)(H,24,25). The maximum absolute atomic E-state index is 11.8. The molecule has 0 heterocycles. The van der Waals surface area contributed by atoms with E-state index in [9.17, 15) is 13.6 Å². The third kappa shape index (κ3) is 3.94. The van der Waals surface area contributed by atoms with Crippen LogP contribution in [-0.2, 0) is 11.3 Å². The normalized spacial score (nSPS) is 11.8. The van der Waals surface area contributed by atoms with Crippen LogP contribution in [0.1, 0.15) is 10.4 Å². The highest BCUT2D eigenvalue weighted by molar-refractivity contribution is 7.81. The number of rotatable bonds is 5. The Morgan fingerprint density at radius 2 is 1.23 bits per heavy atom. The van der Waals surface area contributed by atoms with E-state index >= 15 is 0 Å². The molecule has 0 bridgehead atoms. The van der Waals surface area contributed by atoms with Gasteiger partial charge < -0.3 is 5.11 Å². The van der Waals surface area contributed by atoms with Gasteiger partial charge in [0.1, 0.15) is 0 Å². The van der Waals surface area contributed by atoms with Crippen molar-refractivity contribution < 1.29 is 18.7 Å². The number of nitrogens with zero attached hydrogens (tertiary/aromatic N) is 1. The number of carboxylic acid groups (broad SMARTS) is 1. The number of hydrogen-bond donors (Lipinski definition) is 2. The lowest BCUT2D eigenvalue weighted by Gasteiger charge is -2.20. The fourth-order valence-corrected chi connectivity index (χ4v) is 3.23. The highest BCUT2D eigenvalue weighted by atomic mass is 35.5. The van der Waals surface area contributed by atoms with Crippen LogP contribution >= 0.6 is 11.6 Å². The Morgan fingerprint density at radius 1 is 0.808 bits per heavy atom. The molecule has 7 heteroatoms. The van der Waals surface area contributed by atoms with Crippen LogP contribution in [-0.4, -0.2) is 19.8 Å². The van der Waals surface area contributed by atoms with Gasteiger partial charge >= 0.3 is 5.97 Å². The number of carbonyl (C=O) groups is 1. The first-order chi connectivity index (χ1) is 12.5. The number of benzene rings is 3. The number of carboxylic acids is 1. The monoisotopic (exact) mass is 387 g/mol. The molecular weight excluding hydrogens is 374 g/mol. The Bertz CT molecular complexity index is 941. The molecule has 0 aliphatic rings. The minimum absolute atomic E-state index is 0.107. The number of anilines is 2. The van der Waals surface area contributed by atoms with E-state index in [0.717, 1.165) is 11.1 Å². The summed E-state index contributed by atoms with van der Waals surface area (Å²) in [6.07, 6.45) is 0. The molecule has 132 valence electrons. The average Bonchev–Trinajstić information content (AvgIpc) is 2.63. The molecule has 3 aromatic rings. The Kier molecular flexibility index (Phi) is 5.37. The molecule has 26 heavy (non-hydrogen) atoms. The SMILES string of the molecule is O=C(O)c1ccc(N(c2ccc(-c3ccc(Cl)cc3)cc2)S(=O)O)cc1. The molecule has 1 unspecified atom stereocenters. The van der Waals surface area contributed by atoms with Gasteiger partial charge in [0.05, 0.1) is 16.9 Å². The van der Waals surface area contributed by atoms with E-state index in [1.165, 1.54) is 28.6 Å². The van der Waals surface area contributed by atoms with Gasteiger partial charge in [0.15, 0.2) is 0 Å². The summed E-state index contributed by atoms with van der Waals surface area (Å²) in [7, 11) is 0. The second-order valence-electron chi connectivity index (χ2n) is 5.43. The second kappa shape index (κ2) is 7.70. The van der Waals surface area contributed by atoms with Crippen molar-refractivity contribution >= 4 is 40.2 Å². The summed E-state index contributed by atoms with van der Waals surface area (Å²) in [5.41, 5.74) is 2.94. The van der Waals surface area contributed by atoms with Gasteiger partial charge in [-0.3, -0.25) is 4.55 Å². The smallest absolute Gasteiger partial charge is 0.335 e. The third-order valence-electron chi connectivity index (χ3n) is 3.78. The third-order valence-corrected chi connectivity index (χ3v) is 4.77. The first kappa shape index (κ1) is 18.1. The van der Waals surface area contributed by atoms with Crippen molar-refractivity contribution in [1.82, 2.24) is 0 Å². The van der Waals surface area contributed by atoms with Crippen molar-refractivity contribution in [3.8, 4) is 11.1 Å². The zero-order valence-electron chi connectivity index (χ0n) is 13.4. The van der Waals surface area contributed by atoms with E-state index in [0.29, 0.717) is 16.4 Å². The van der Waals surface area contributed by atoms with Crippen molar-refractivity contribution in [3.05, 3.63) is 83.4 Å². The average molecular weight is 388 g/mol. The number of halogens is 1. The van der Waals surface area contributed by atoms with E-state index in [1.807, 2.05) is 24.3 Å². The fraction of sp³-hybridized carbons (Fsp3) is 0. The van der Waals surface area contributed by atoms with E-state index in [1.54, 1.807) is 24.3 Å². The van der Waals surface area contributed by atoms with Crippen molar-refractivity contribution in [3.63, 3.8) is 0 Å². The van der Waals surface area contributed by atoms with E-state index in [4.69, 9.17) is 16.7 Å². The van der Waals surface area contributed by atoms with E-state index in [2.05, 4.69) is 0 Å². The van der Waals surface area contributed by atoms with Crippen LogP contribution in [0.15, 0.2) is 72.8 Å². The minimum atomic E-state index is -2.31. The molecule has 3 rings (SSSR count). The molecule has 0 saturated carbocycles. The van der Waals surface area contributed by atoms with Crippen LogP contribution in [0.4, 0.5) is 11.4 Å². The summed E-state index contributed by atoms with van der Waals surface area (Å²) in [6.45, 7) is 0. The second-order valence-corrected chi connectivity index (χ2v) is 6.69. The quantitative estimate of drug-likeness (QED) is 0.605. The topological polar surface area (TPSA) is 77.8 Å². The lowest BCUT2D eigenvalue weighted by Crippen LogP contribution is -2.19. The summed E-state index contributed by atoms with van der Waals surface area (Å²) in [4.78, 5) is 10.9. The highest BCUT2D eigenvalue weighted by Gasteiger charge is 2.16. The molecule has 0 spiro atoms. The number of aromatic carboxylic acids is 1. The molecule has 2 N–H and O–H groups in total. The van der Waals surface area contributed by atoms with E-state index < -0.39 is 17.2 Å². The zero-order valence-corrected chi connectivity index (χ0v) is 14.9.